The normalized spacial score (nSPS) is 21.3. The molecular weight excluding hydrogens is 686 g/mol. The number of benzene rings is 1. The Kier molecular flexibility index (Phi) is 19.2. The summed E-state index contributed by atoms with van der Waals surface area (Å²) in [5.74, 6) is -1.57. The molecule has 0 radical (unpaired) electrons. The molecule has 1 saturated heterocycles. The molecule has 0 spiro atoms. The summed E-state index contributed by atoms with van der Waals surface area (Å²) in [6.07, 6.45) is -0.0886. The summed E-state index contributed by atoms with van der Waals surface area (Å²) in [6.45, 7) is 16.1. The molecule has 3 N–H and O–H groups in total. The number of nitrogens with two attached hydrogens (primary N) is 1. The first-order valence-corrected chi connectivity index (χ1v) is 19.8. The van der Waals surface area contributed by atoms with Crippen molar-refractivity contribution in [1.29, 1.82) is 0 Å². The fraction of sp³-hybridized carbons (Fsp3) is 0.762. The van der Waals surface area contributed by atoms with Crippen LogP contribution in [0.4, 0.5) is 0 Å². The number of likely N-dealkylation sites (tertiary alicyclic amines) is 1. The molecule has 0 saturated carbocycles. The molecule has 1 aliphatic heterocycles. The second-order valence-electron chi connectivity index (χ2n) is 16.4. The topological polar surface area (TPSA) is 144 Å². The van der Waals surface area contributed by atoms with E-state index in [4.69, 9.17) is 19.9 Å². The summed E-state index contributed by atoms with van der Waals surface area (Å²) in [7, 11) is 10.3. The van der Waals surface area contributed by atoms with E-state index in [-0.39, 0.29) is 72.3 Å². The van der Waals surface area contributed by atoms with E-state index < -0.39 is 42.2 Å². The Morgan fingerprint density at radius 3 is 2.00 bits per heavy atom. The molecular formula is C42H73N5O7. The van der Waals surface area contributed by atoms with Crippen molar-refractivity contribution >= 4 is 23.5 Å². The summed E-state index contributed by atoms with van der Waals surface area (Å²) in [6, 6.07) is 7.73. The van der Waals surface area contributed by atoms with E-state index in [1.807, 2.05) is 90.9 Å². The van der Waals surface area contributed by atoms with Crippen LogP contribution in [0.15, 0.2) is 30.3 Å². The van der Waals surface area contributed by atoms with Crippen molar-refractivity contribution in [3.63, 3.8) is 0 Å². The third kappa shape index (κ3) is 12.0. The maximum atomic E-state index is 14.4. The van der Waals surface area contributed by atoms with Crippen molar-refractivity contribution in [3.05, 3.63) is 35.9 Å². The second-order valence-corrected chi connectivity index (χ2v) is 16.4. The third-order valence-corrected chi connectivity index (χ3v) is 11.8. The van der Waals surface area contributed by atoms with Gasteiger partial charge in [0.1, 0.15) is 0 Å². The molecule has 11 atom stereocenters. The molecule has 0 aliphatic carbocycles. The van der Waals surface area contributed by atoms with Crippen molar-refractivity contribution in [2.45, 2.75) is 130 Å². The van der Waals surface area contributed by atoms with Crippen LogP contribution in [0.2, 0.25) is 0 Å². The highest BCUT2D eigenvalue weighted by atomic mass is 16.5. The van der Waals surface area contributed by atoms with Crippen LogP contribution in [-0.2, 0) is 33.4 Å². The number of ketones is 1. The van der Waals surface area contributed by atoms with E-state index in [9.17, 15) is 19.2 Å². The highest BCUT2D eigenvalue weighted by Gasteiger charge is 2.46. The molecule has 1 fully saturated rings. The predicted molar refractivity (Wildman–Crippen MR) is 214 cm³/mol. The van der Waals surface area contributed by atoms with Crippen LogP contribution in [0.25, 0.3) is 0 Å². The lowest BCUT2D eigenvalue weighted by Crippen LogP contribution is -2.55. The van der Waals surface area contributed by atoms with Gasteiger partial charge in [-0.15, -0.1) is 0 Å². The minimum absolute atomic E-state index is 0.00816. The first kappa shape index (κ1) is 47.3. The Bertz CT molecular complexity index is 1320. The number of rotatable bonds is 22. The maximum absolute atomic E-state index is 14.4. The Labute approximate surface area is 326 Å². The Balaban J connectivity index is 2.33. The zero-order valence-corrected chi connectivity index (χ0v) is 35.7. The zero-order chi connectivity index (χ0) is 41.0. The van der Waals surface area contributed by atoms with Crippen LogP contribution in [0.5, 0.6) is 0 Å². The predicted octanol–water partition coefficient (Wildman–Crippen LogP) is 4.55. The molecule has 1 aromatic carbocycles. The Morgan fingerprint density at radius 1 is 0.907 bits per heavy atom. The number of likely N-dealkylation sites (N-methyl/N-ethyl adjacent to an activating group) is 2. The molecule has 0 bridgehead atoms. The first-order chi connectivity index (χ1) is 25.4. The average molecular weight is 760 g/mol. The SMILES string of the molecule is CC[C@H](C)[C@@H]([C@@H](CC(=O)N1C[C@H](OC)C[C@H]1[C@H](OC)[C@@H](C)C(=O)N[C@H](C)C(N)c1ccccc1)OC)N(C)C(=O)[C@@H](CC(=O)[C@H](C(C)C)N(C)C)C(C)C. The van der Waals surface area contributed by atoms with Gasteiger partial charge in [0.25, 0.3) is 0 Å². The number of hydrogen-bond donors (Lipinski definition) is 2. The van der Waals surface area contributed by atoms with Crippen molar-refractivity contribution in [2.75, 3.05) is 49.0 Å². The summed E-state index contributed by atoms with van der Waals surface area (Å²) in [5, 5.41) is 3.07. The minimum Gasteiger partial charge on any atom is -0.380 e. The zero-order valence-electron chi connectivity index (χ0n) is 35.7. The number of ether oxygens (including phenoxy) is 3. The lowest BCUT2D eigenvalue weighted by Gasteiger charge is -2.41. The minimum atomic E-state index is -0.626. The van der Waals surface area contributed by atoms with Crippen molar-refractivity contribution in [2.24, 2.45) is 35.3 Å². The Hall–Kier alpha value is -2.90. The maximum Gasteiger partial charge on any atom is 0.226 e. The highest BCUT2D eigenvalue weighted by Crippen LogP contribution is 2.32. The molecule has 1 aliphatic rings. The van der Waals surface area contributed by atoms with Crippen LogP contribution >= 0.6 is 0 Å². The molecule has 2 rings (SSSR count). The lowest BCUT2D eigenvalue weighted by atomic mass is 9.83. The van der Waals surface area contributed by atoms with E-state index >= 15 is 0 Å². The van der Waals surface area contributed by atoms with E-state index in [1.165, 1.54) is 0 Å². The van der Waals surface area contributed by atoms with Gasteiger partial charge >= 0.3 is 0 Å². The highest BCUT2D eigenvalue weighted by molar-refractivity contribution is 5.90. The molecule has 1 unspecified atom stereocenters. The van der Waals surface area contributed by atoms with Gasteiger partial charge in [-0.1, -0.05) is 85.2 Å². The van der Waals surface area contributed by atoms with Gasteiger partial charge in [0, 0.05) is 59.3 Å². The van der Waals surface area contributed by atoms with Gasteiger partial charge < -0.3 is 35.1 Å². The molecule has 3 amide bonds. The Morgan fingerprint density at radius 2 is 1.52 bits per heavy atom. The van der Waals surface area contributed by atoms with Crippen LogP contribution in [0, 0.1) is 29.6 Å². The van der Waals surface area contributed by atoms with Gasteiger partial charge in [0.15, 0.2) is 5.78 Å². The molecule has 1 aromatic rings. The van der Waals surface area contributed by atoms with Gasteiger partial charge in [-0.2, -0.15) is 0 Å². The smallest absolute Gasteiger partial charge is 0.226 e. The number of nitrogens with one attached hydrogen (secondary N) is 1. The van der Waals surface area contributed by atoms with Crippen LogP contribution in [0.1, 0.15) is 92.7 Å². The molecule has 12 heteroatoms. The van der Waals surface area contributed by atoms with Gasteiger partial charge in [0.05, 0.1) is 48.8 Å². The van der Waals surface area contributed by atoms with Crippen molar-refractivity contribution in [1.82, 2.24) is 20.0 Å². The van der Waals surface area contributed by atoms with E-state index in [1.54, 1.807) is 38.2 Å². The molecule has 54 heavy (non-hydrogen) atoms. The first-order valence-electron chi connectivity index (χ1n) is 19.8. The van der Waals surface area contributed by atoms with Gasteiger partial charge in [-0.3, -0.25) is 24.1 Å². The number of carbonyl (C=O) groups is 4. The second kappa shape index (κ2) is 22.0. The van der Waals surface area contributed by atoms with Crippen LogP contribution in [-0.4, -0.2) is 130 Å². The quantitative estimate of drug-likeness (QED) is 0.174. The van der Waals surface area contributed by atoms with Crippen molar-refractivity contribution in [3.8, 4) is 0 Å². The van der Waals surface area contributed by atoms with Gasteiger partial charge in [-0.25, -0.2) is 0 Å². The molecule has 12 nitrogen and oxygen atoms in total. The summed E-state index contributed by atoms with van der Waals surface area (Å²) < 4.78 is 17.8. The van der Waals surface area contributed by atoms with Crippen LogP contribution in [0.3, 0.4) is 0 Å². The average Bonchev–Trinajstić information content (AvgIpc) is 3.57. The number of hydrogen-bond acceptors (Lipinski definition) is 9. The number of amides is 3. The van der Waals surface area contributed by atoms with Crippen LogP contribution < -0.4 is 11.1 Å². The molecule has 308 valence electrons. The monoisotopic (exact) mass is 760 g/mol. The van der Waals surface area contributed by atoms with E-state index in [0.29, 0.717) is 13.0 Å². The van der Waals surface area contributed by atoms with Crippen molar-refractivity contribution < 1.29 is 33.4 Å². The standard InChI is InChI=1S/C42H73N5O7/c1-15-27(6)39(46(11)42(51)32(25(2)3)22-34(48)38(26(4)5)45(9)10)35(53-13)23-36(49)47-24-31(52-12)21-33(47)40(54-14)28(7)41(50)44-29(8)37(43)30-19-17-16-18-20-30/h16-20,25-29,31-33,35,37-40H,15,21-24,43H2,1-14H3,(H,44,50)/t27-,28+,29+,31+,32-,33-,35+,37?,38-,39-,40+/m0/s1. The number of nitrogens with zero attached hydrogens (tertiary/aromatic N) is 3. The largest absolute Gasteiger partial charge is 0.380 e. The van der Waals surface area contributed by atoms with E-state index in [0.717, 1.165) is 12.0 Å². The summed E-state index contributed by atoms with van der Waals surface area (Å²) in [4.78, 5) is 61.3. The number of methoxy groups -OCH3 is 3. The molecule has 0 aromatic heterocycles. The van der Waals surface area contributed by atoms with Gasteiger partial charge in [-0.05, 0) is 50.8 Å². The lowest BCUT2D eigenvalue weighted by molar-refractivity contribution is -0.149. The fourth-order valence-corrected chi connectivity index (χ4v) is 8.33. The van der Waals surface area contributed by atoms with Gasteiger partial charge in [0.2, 0.25) is 17.7 Å². The summed E-state index contributed by atoms with van der Waals surface area (Å²) >= 11 is 0. The number of carbonyl (C=O) groups excluding carboxylic acids is 4. The third-order valence-electron chi connectivity index (χ3n) is 11.8. The molecule has 1 heterocycles. The summed E-state index contributed by atoms with van der Waals surface area (Å²) in [5.41, 5.74) is 7.41. The van der Waals surface area contributed by atoms with E-state index in [2.05, 4.69) is 19.2 Å². The number of Topliss-reactive ketones (excluding diaryl/α,β-unsaturated/α-hetero) is 1. The fourth-order valence-electron chi connectivity index (χ4n) is 8.33.